The van der Waals surface area contributed by atoms with E-state index in [0.29, 0.717) is 16.5 Å². The number of pyridine rings is 1. The summed E-state index contributed by atoms with van der Waals surface area (Å²) in [5, 5.41) is 15.2. The van der Waals surface area contributed by atoms with E-state index >= 15 is 0 Å². The predicted octanol–water partition coefficient (Wildman–Crippen LogP) is 1.86. The number of carbonyl (C=O) groups is 2. The third kappa shape index (κ3) is 5.93. The van der Waals surface area contributed by atoms with Gasteiger partial charge in [0.05, 0.1) is 23.7 Å². The molecule has 0 aliphatic carbocycles. The number of amides is 1. The molecule has 2 rings (SSSR count). The first-order valence-electron chi connectivity index (χ1n) is 7.41. The lowest BCUT2D eigenvalue weighted by atomic mass is 10.3. The highest BCUT2D eigenvalue weighted by Crippen LogP contribution is 2.24. The average Bonchev–Trinajstić information content (AvgIpc) is 3.04. The minimum atomic E-state index is -0.637. The van der Waals surface area contributed by atoms with Crippen molar-refractivity contribution in [3.63, 3.8) is 0 Å². The highest BCUT2D eigenvalue weighted by molar-refractivity contribution is 7.98. The van der Waals surface area contributed by atoms with E-state index in [1.807, 2.05) is 6.07 Å². The third-order valence-electron chi connectivity index (χ3n) is 2.92. The monoisotopic (exact) mass is 360 g/mol. The number of nitrogens with one attached hydrogen (secondary N) is 1. The lowest BCUT2D eigenvalue weighted by molar-refractivity contribution is -0.124. The van der Waals surface area contributed by atoms with Crippen molar-refractivity contribution in [2.75, 3.05) is 13.2 Å². The van der Waals surface area contributed by atoms with Crippen molar-refractivity contribution in [1.29, 1.82) is 5.26 Å². The van der Waals surface area contributed by atoms with E-state index in [1.165, 1.54) is 11.8 Å². The molecule has 2 aromatic rings. The van der Waals surface area contributed by atoms with E-state index in [4.69, 9.17) is 14.5 Å². The molecule has 130 valence electrons. The van der Waals surface area contributed by atoms with Crippen molar-refractivity contribution in [2.45, 2.75) is 24.1 Å². The number of rotatable bonds is 8. The molecule has 0 fully saturated rings. The lowest BCUT2D eigenvalue weighted by Crippen LogP contribution is -2.29. The zero-order valence-corrected chi connectivity index (χ0v) is 14.3. The smallest absolute Gasteiger partial charge is 0.341 e. The van der Waals surface area contributed by atoms with Gasteiger partial charge in [0.25, 0.3) is 5.91 Å². The summed E-state index contributed by atoms with van der Waals surface area (Å²) in [6, 6.07) is 6.91. The molecule has 1 N–H and O–H groups in total. The summed E-state index contributed by atoms with van der Waals surface area (Å²) in [6.45, 7) is 1.61. The first-order valence-corrected chi connectivity index (χ1v) is 8.39. The van der Waals surface area contributed by atoms with Crippen LogP contribution in [0.1, 0.15) is 28.2 Å². The van der Waals surface area contributed by atoms with Crippen molar-refractivity contribution in [1.82, 2.24) is 15.5 Å². The molecule has 2 aromatic heterocycles. The fourth-order valence-corrected chi connectivity index (χ4v) is 2.67. The van der Waals surface area contributed by atoms with Crippen LogP contribution in [0.4, 0.5) is 0 Å². The normalized spacial score (nSPS) is 10.1. The van der Waals surface area contributed by atoms with Gasteiger partial charge in [0, 0.05) is 24.6 Å². The molecule has 0 radical (unpaired) electrons. The Kier molecular flexibility index (Phi) is 6.98. The van der Waals surface area contributed by atoms with E-state index in [2.05, 4.69) is 15.5 Å². The van der Waals surface area contributed by atoms with Crippen LogP contribution in [0.2, 0.25) is 0 Å². The fourth-order valence-electron chi connectivity index (χ4n) is 1.81. The van der Waals surface area contributed by atoms with Gasteiger partial charge in [-0.15, -0.1) is 0 Å². The van der Waals surface area contributed by atoms with Gasteiger partial charge in [-0.1, -0.05) is 16.9 Å². The Morgan fingerprint density at radius 3 is 3.04 bits per heavy atom. The van der Waals surface area contributed by atoms with Crippen LogP contribution in [0.25, 0.3) is 0 Å². The Morgan fingerprint density at radius 1 is 1.48 bits per heavy atom. The molecule has 0 aliphatic rings. The lowest BCUT2D eigenvalue weighted by Gasteiger charge is -2.08. The van der Waals surface area contributed by atoms with Gasteiger partial charge >= 0.3 is 5.97 Å². The molecule has 8 nitrogen and oxygen atoms in total. The highest BCUT2D eigenvalue weighted by atomic mass is 32.2. The second-order valence-electron chi connectivity index (χ2n) is 4.91. The zero-order chi connectivity index (χ0) is 18.1. The fraction of sp³-hybridized carbons (Fsp3) is 0.312. The minimum absolute atomic E-state index is 0.199. The van der Waals surface area contributed by atoms with Crippen LogP contribution in [-0.2, 0) is 15.3 Å². The summed E-state index contributed by atoms with van der Waals surface area (Å²) in [6.07, 6.45) is 1.77. The molecule has 0 aromatic carbocycles. The Bertz CT molecular complexity index is 784. The number of nitriles is 1. The standard InChI is InChI=1S/C16H16N4O4S/c1-11-8-12(20-24-11)10-25-15-13(4-2-6-19-15)16(22)23-9-14(21)18-7-3-5-17/h2,4,6,8H,3,7,9-10H2,1H3,(H,18,21). The molecule has 25 heavy (non-hydrogen) atoms. The zero-order valence-electron chi connectivity index (χ0n) is 13.5. The Morgan fingerprint density at radius 2 is 2.32 bits per heavy atom. The number of hydrogen-bond donors (Lipinski definition) is 1. The first kappa shape index (κ1) is 18.5. The largest absolute Gasteiger partial charge is 0.452 e. The van der Waals surface area contributed by atoms with E-state index in [-0.39, 0.29) is 18.5 Å². The summed E-state index contributed by atoms with van der Waals surface area (Å²) in [5.74, 6) is 0.101. The number of esters is 1. The van der Waals surface area contributed by atoms with Gasteiger partial charge < -0.3 is 14.6 Å². The first-order chi connectivity index (χ1) is 12.1. The SMILES string of the molecule is Cc1cc(CSc2ncccc2C(=O)OCC(=O)NCCC#N)no1. The molecule has 0 saturated heterocycles. The van der Waals surface area contributed by atoms with Crippen LogP contribution in [-0.4, -0.2) is 35.2 Å². The average molecular weight is 360 g/mol. The van der Waals surface area contributed by atoms with Gasteiger partial charge in [0.2, 0.25) is 0 Å². The summed E-state index contributed by atoms with van der Waals surface area (Å²) in [4.78, 5) is 27.9. The number of ether oxygens (including phenoxy) is 1. The van der Waals surface area contributed by atoms with Gasteiger partial charge in [-0.2, -0.15) is 5.26 Å². The van der Waals surface area contributed by atoms with Crippen LogP contribution in [0.15, 0.2) is 33.9 Å². The number of thioether (sulfide) groups is 1. The number of carbonyl (C=O) groups excluding carboxylic acids is 2. The molecule has 0 aliphatic heterocycles. The Labute approximate surface area is 148 Å². The van der Waals surface area contributed by atoms with Crippen LogP contribution < -0.4 is 5.32 Å². The Hall–Kier alpha value is -2.86. The van der Waals surface area contributed by atoms with Gasteiger partial charge in [0.1, 0.15) is 10.8 Å². The highest BCUT2D eigenvalue weighted by Gasteiger charge is 2.16. The van der Waals surface area contributed by atoms with Gasteiger partial charge in [-0.3, -0.25) is 4.79 Å². The third-order valence-corrected chi connectivity index (χ3v) is 3.96. The Balaban J connectivity index is 1.91. The number of aryl methyl sites for hydroxylation is 1. The van der Waals surface area contributed by atoms with E-state index in [0.717, 1.165) is 5.69 Å². The van der Waals surface area contributed by atoms with Crippen molar-refractivity contribution in [3.8, 4) is 6.07 Å². The molecular formula is C16H16N4O4S. The second-order valence-corrected chi connectivity index (χ2v) is 5.87. The van der Waals surface area contributed by atoms with Crippen molar-refractivity contribution < 1.29 is 18.8 Å². The molecule has 0 saturated carbocycles. The molecule has 0 bridgehead atoms. The van der Waals surface area contributed by atoms with Crippen molar-refractivity contribution >= 4 is 23.6 Å². The summed E-state index contributed by atoms with van der Waals surface area (Å²) >= 11 is 1.32. The maximum Gasteiger partial charge on any atom is 0.341 e. The topological polar surface area (TPSA) is 118 Å². The molecule has 2 heterocycles. The summed E-state index contributed by atoms with van der Waals surface area (Å²) < 4.78 is 9.99. The molecule has 1 amide bonds. The number of hydrogen-bond acceptors (Lipinski definition) is 8. The van der Waals surface area contributed by atoms with E-state index in [9.17, 15) is 9.59 Å². The number of aromatic nitrogens is 2. The molecule has 0 spiro atoms. The quantitative estimate of drug-likeness (QED) is 0.430. The molecular weight excluding hydrogens is 344 g/mol. The summed E-state index contributed by atoms with van der Waals surface area (Å²) in [7, 11) is 0. The maximum absolute atomic E-state index is 12.2. The van der Waals surface area contributed by atoms with Crippen LogP contribution in [0, 0.1) is 18.3 Å². The van der Waals surface area contributed by atoms with Crippen molar-refractivity contribution in [2.24, 2.45) is 0 Å². The predicted molar refractivity (Wildman–Crippen MR) is 88.6 cm³/mol. The maximum atomic E-state index is 12.2. The van der Waals surface area contributed by atoms with E-state index in [1.54, 1.807) is 31.3 Å². The minimum Gasteiger partial charge on any atom is -0.452 e. The summed E-state index contributed by atoms with van der Waals surface area (Å²) in [5.41, 5.74) is 1.02. The number of nitrogens with zero attached hydrogens (tertiary/aromatic N) is 3. The molecule has 0 unspecified atom stereocenters. The van der Waals surface area contributed by atoms with Crippen LogP contribution in [0.5, 0.6) is 0 Å². The van der Waals surface area contributed by atoms with Crippen LogP contribution in [0.3, 0.4) is 0 Å². The second kappa shape index (κ2) is 9.44. The van der Waals surface area contributed by atoms with Crippen LogP contribution >= 0.6 is 11.8 Å². The van der Waals surface area contributed by atoms with Gasteiger partial charge in [-0.25, -0.2) is 9.78 Å². The molecule has 0 atom stereocenters. The van der Waals surface area contributed by atoms with Crippen molar-refractivity contribution in [3.05, 3.63) is 41.4 Å². The van der Waals surface area contributed by atoms with Gasteiger partial charge in [0.15, 0.2) is 6.61 Å². The molecule has 9 heteroatoms. The van der Waals surface area contributed by atoms with E-state index < -0.39 is 18.5 Å². The van der Waals surface area contributed by atoms with Gasteiger partial charge in [-0.05, 0) is 19.1 Å².